The number of hydrogen-bond donors (Lipinski definition) is 1. The molecule has 2 fully saturated rings. The van der Waals surface area contributed by atoms with Gasteiger partial charge in [0.1, 0.15) is 5.44 Å². The standard InChI is InChI=1S/C6H10O2S2.C4H8OS2/c1-5(7)8-6-4-9-2-3-10-6;5-4-3-6-1-2-7-4/h6H,2-4H2,1H3;4-5H,1-3H2. The van der Waals surface area contributed by atoms with E-state index in [0.29, 0.717) is 0 Å². The van der Waals surface area contributed by atoms with E-state index < -0.39 is 0 Å². The molecule has 17 heavy (non-hydrogen) atoms. The lowest BCUT2D eigenvalue weighted by Gasteiger charge is -2.19. The number of carbonyl (C=O) groups is 1. The van der Waals surface area contributed by atoms with Crippen LogP contribution in [0.3, 0.4) is 0 Å². The summed E-state index contributed by atoms with van der Waals surface area (Å²) in [7, 11) is 0. The molecule has 0 aromatic rings. The van der Waals surface area contributed by atoms with Gasteiger partial charge in [0.25, 0.3) is 0 Å². The van der Waals surface area contributed by atoms with E-state index in [9.17, 15) is 4.79 Å². The Morgan fingerprint density at radius 2 is 1.76 bits per heavy atom. The fourth-order valence-electron chi connectivity index (χ4n) is 1.19. The van der Waals surface area contributed by atoms with Crippen molar-refractivity contribution in [2.75, 3.05) is 34.5 Å². The van der Waals surface area contributed by atoms with E-state index in [2.05, 4.69) is 0 Å². The first-order valence-electron chi connectivity index (χ1n) is 5.42. The molecule has 2 aliphatic rings. The van der Waals surface area contributed by atoms with E-state index >= 15 is 0 Å². The summed E-state index contributed by atoms with van der Waals surface area (Å²) in [5.41, 5.74) is 0.0231. The minimum atomic E-state index is -0.167. The Labute approximate surface area is 120 Å². The summed E-state index contributed by atoms with van der Waals surface area (Å²) >= 11 is 7.06. The fraction of sp³-hybridized carbons (Fsp3) is 0.900. The van der Waals surface area contributed by atoms with Crippen LogP contribution >= 0.6 is 47.0 Å². The van der Waals surface area contributed by atoms with Gasteiger partial charge in [0.2, 0.25) is 0 Å². The van der Waals surface area contributed by atoms with Crippen molar-refractivity contribution in [2.24, 2.45) is 0 Å². The molecule has 2 heterocycles. The van der Waals surface area contributed by atoms with Crippen LogP contribution in [0.5, 0.6) is 0 Å². The lowest BCUT2D eigenvalue weighted by Crippen LogP contribution is -2.19. The minimum absolute atomic E-state index is 0.0845. The van der Waals surface area contributed by atoms with Crippen LogP contribution < -0.4 is 0 Å². The Kier molecular flexibility index (Phi) is 9.08. The van der Waals surface area contributed by atoms with Gasteiger partial charge >= 0.3 is 5.97 Å². The Balaban J connectivity index is 0.000000181. The normalized spacial score (nSPS) is 28.8. The van der Waals surface area contributed by atoms with E-state index in [-0.39, 0.29) is 16.8 Å². The summed E-state index contributed by atoms with van der Waals surface area (Å²) in [6.07, 6.45) is 0. The molecule has 1 N–H and O–H groups in total. The van der Waals surface area contributed by atoms with Crippen molar-refractivity contribution in [3.63, 3.8) is 0 Å². The van der Waals surface area contributed by atoms with Gasteiger partial charge < -0.3 is 9.84 Å². The number of thioether (sulfide) groups is 4. The monoisotopic (exact) mass is 314 g/mol. The zero-order valence-corrected chi connectivity index (χ0v) is 13.1. The summed E-state index contributed by atoms with van der Waals surface area (Å²) < 4.78 is 4.99. The third-order valence-corrected chi connectivity index (χ3v) is 6.96. The highest BCUT2D eigenvalue weighted by Crippen LogP contribution is 2.24. The van der Waals surface area contributed by atoms with Crippen LogP contribution in [0.15, 0.2) is 0 Å². The first-order valence-corrected chi connectivity index (χ1v) is 9.83. The molecular weight excluding hydrogens is 296 g/mol. The van der Waals surface area contributed by atoms with Gasteiger partial charge in [-0.25, -0.2) is 0 Å². The molecule has 2 aliphatic heterocycles. The maximum atomic E-state index is 10.5. The molecule has 0 spiro atoms. The lowest BCUT2D eigenvalue weighted by atomic mass is 10.7. The first kappa shape index (κ1) is 15.9. The van der Waals surface area contributed by atoms with Crippen LogP contribution in [-0.2, 0) is 9.53 Å². The lowest BCUT2D eigenvalue weighted by molar-refractivity contribution is -0.141. The number of aliphatic hydroxyl groups excluding tert-OH is 1. The van der Waals surface area contributed by atoms with Gasteiger partial charge in [0, 0.05) is 41.4 Å². The van der Waals surface area contributed by atoms with Crippen LogP contribution in [0.25, 0.3) is 0 Å². The number of aliphatic hydroxyl groups is 1. The number of ether oxygens (including phenoxy) is 1. The molecule has 100 valence electrons. The topological polar surface area (TPSA) is 46.5 Å². The highest BCUT2D eigenvalue weighted by molar-refractivity contribution is 8.06. The van der Waals surface area contributed by atoms with E-state index in [4.69, 9.17) is 9.84 Å². The zero-order chi connectivity index (χ0) is 12.5. The van der Waals surface area contributed by atoms with Crippen molar-refractivity contribution in [1.29, 1.82) is 0 Å². The molecule has 7 heteroatoms. The van der Waals surface area contributed by atoms with Crippen molar-refractivity contribution in [3.05, 3.63) is 0 Å². The van der Waals surface area contributed by atoms with E-state index in [1.165, 1.54) is 18.4 Å². The maximum Gasteiger partial charge on any atom is 0.303 e. The molecule has 2 saturated heterocycles. The Bertz CT molecular complexity index is 216. The summed E-state index contributed by atoms with van der Waals surface area (Å²) in [6.45, 7) is 1.46. The SMILES string of the molecule is CC(=O)OC1CSCCS1.OC1CSCCS1. The third kappa shape index (κ3) is 8.53. The van der Waals surface area contributed by atoms with Crippen LogP contribution in [0, 0.1) is 0 Å². The first-order chi connectivity index (χ1) is 8.18. The predicted octanol–water partition coefficient (Wildman–Crippen LogP) is 2.14. The molecule has 0 aliphatic carbocycles. The number of carbonyl (C=O) groups excluding carboxylic acids is 1. The fourth-order valence-corrected chi connectivity index (χ4v) is 5.79. The van der Waals surface area contributed by atoms with Crippen LogP contribution in [0.4, 0.5) is 0 Å². The average molecular weight is 315 g/mol. The average Bonchev–Trinajstić information content (AvgIpc) is 2.31. The van der Waals surface area contributed by atoms with Gasteiger partial charge in [-0.2, -0.15) is 23.5 Å². The number of esters is 1. The molecule has 0 bridgehead atoms. The molecule has 3 nitrogen and oxygen atoms in total. The van der Waals surface area contributed by atoms with Gasteiger partial charge in [0.15, 0.2) is 5.44 Å². The maximum absolute atomic E-state index is 10.5. The van der Waals surface area contributed by atoms with Crippen LogP contribution in [0.2, 0.25) is 0 Å². The van der Waals surface area contributed by atoms with Gasteiger partial charge in [-0.1, -0.05) is 0 Å². The second-order valence-corrected chi connectivity index (χ2v) is 8.24. The number of hydrogen-bond acceptors (Lipinski definition) is 7. The molecule has 2 unspecified atom stereocenters. The summed E-state index contributed by atoms with van der Waals surface area (Å²) in [4.78, 5) is 10.5. The molecule has 0 aromatic heterocycles. The van der Waals surface area contributed by atoms with E-state index in [1.807, 2.05) is 23.5 Å². The third-order valence-electron chi connectivity index (χ3n) is 1.88. The minimum Gasteiger partial charge on any atom is -0.451 e. The Hall–Kier alpha value is 0.830. The van der Waals surface area contributed by atoms with Crippen molar-refractivity contribution >= 4 is 53.0 Å². The van der Waals surface area contributed by atoms with Gasteiger partial charge in [0.05, 0.1) is 0 Å². The van der Waals surface area contributed by atoms with Gasteiger partial charge in [-0.05, 0) is 0 Å². The zero-order valence-electron chi connectivity index (χ0n) is 9.79. The quantitative estimate of drug-likeness (QED) is 0.744. The second-order valence-electron chi connectivity index (χ2n) is 3.39. The second kappa shape index (κ2) is 9.72. The molecular formula is C10H18O3S4. The van der Waals surface area contributed by atoms with Crippen molar-refractivity contribution < 1.29 is 14.6 Å². The van der Waals surface area contributed by atoms with Crippen molar-refractivity contribution in [1.82, 2.24) is 0 Å². The predicted molar refractivity (Wildman–Crippen MR) is 81.1 cm³/mol. The van der Waals surface area contributed by atoms with Crippen molar-refractivity contribution in [3.8, 4) is 0 Å². The summed E-state index contributed by atoms with van der Waals surface area (Å²) in [5, 5.41) is 8.85. The summed E-state index contributed by atoms with van der Waals surface area (Å²) in [5.74, 6) is 6.31. The molecule has 0 saturated carbocycles. The van der Waals surface area contributed by atoms with Crippen molar-refractivity contribution in [2.45, 2.75) is 17.8 Å². The highest BCUT2D eigenvalue weighted by atomic mass is 32.2. The highest BCUT2D eigenvalue weighted by Gasteiger charge is 2.16. The van der Waals surface area contributed by atoms with Crippen LogP contribution in [-0.4, -0.2) is 56.5 Å². The van der Waals surface area contributed by atoms with E-state index in [1.54, 1.807) is 23.5 Å². The smallest absolute Gasteiger partial charge is 0.303 e. The van der Waals surface area contributed by atoms with E-state index in [0.717, 1.165) is 23.0 Å². The largest absolute Gasteiger partial charge is 0.451 e. The van der Waals surface area contributed by atoms with Gasteiger partial charge in [-0.3, -0.25) is 4.79 Å². The molecule has 0 aromatic carbocycles. The number of rotatable bonds is 1. The Morgan fingerprint density at radius 3 is 2.12 bits per heavy atom. The van der Waals surface area contributed by atoms with Gasteiger partial charge in [-0.15, -0.1) is 23.5 Å². The molecule has 2 atom stereocenters. The Morgan fingerprint density at radius 1 is 1.12 bits per heavy atom. The molecule has 0 radical (unpaired) electrons. The van der Waals surface area contributed by atoms with Crippen LogP contribution in [0.1, 0.15) is 6.92 Å². The molecule has 2 rings (SSSR count). The molecule has 0 amide bonds. The summed E-state index contributed by atoms with van der Waals surface area (Å²) in [6, 6.07) is 0.